The van der Waals surface area contributed by atoms with Crippen molar-refractivity contribution in [2.24, 2.45) is 0 Å². The minimum atomic E-state index is 0.576. The van der Waals surface area contributed by atoms with Gasteiger partial charge in [-0.05, 0) is 35.9 Å². The number of nitrogen functional groups attached to an aromatic ring is 1. The Morgan fingerprint density at radius 3 is 2.88 bits per heavy atom. The number of thioether (sulfide) groups is 1. The van der Waals surface area contributed by atoms with Gasteiger partial charge in [0.2, 0.25) is 0 Å². The summed E-state index contributed by atoms with van der Waals surface area (Å²) in [6.45, 7) is 0. The first-order chi connectivity index (χ1) is 7.74. The molecular formula is C12H11BrN2S. The average Bonchev–Trinajstić information content (AvgIpc) is 2.27. The van der Waals surface area contributed by atoms with Gasteiger partial charge in [-0.3, -0.25) is 0 Å². The van der Waals surface area contributed by atoms with E-state index in [1.165, 1.54) is 10.5 Å². The molecule has 0 saturated heterocycles. The number of hydrogen-bond donors (Lipinski definition) is 1. The van der Waals surface area contributed by atoms with Gasteiger partial charge in [0.1, 0.15) is 5.82 Å². The topological polar surface area (TPSA) is 38.9 Å². The standard InChI is InChI=1S/C12H11BrN2S/c13-10-2-1-3-11(7-10)16-8-9-4-5-15-12(14)6-9/h1-7H,8H2,(H2,14,15). The largest absolute Gasteiger partial charge is 0.384 e. The molecule has 0 atom stereocenters. The Bertz CT molecular complexity index is 442. The smallest absolute Gasteiger partial charge is 0.123 e. The van der Waals surface area contributed by atoms with Crippen molar-refractivity contribution < 1.29 is 0 Å². The fraction of sp³-hybridized carbons (Fsp3) is 0.0833. The monoisotopic (exact) mass is 294 g/mol. The van der Waals surface area contributed by atoms with Gasteiger partial charge >= 0.3 is 0 Å². The van der Waals surface area contributed by atoms with Crippen LogP contribution in [-0.2, 0) is 5.75 Å². The highest BCUT2D eigenvalue weighted by Gasteiger charge is 1.98. The number of anilines is 1. The summed E-state index contributed by atoms with van der Waals surface area (Å²) in [5.41, 5.74) is 6.82. The summed E-state index contributed by atoms with van der Waals surface area (Å²) in [7, 11) is 0. The molecule has 16 heavy (non-hydrogen) atoms. The number of pyridine rings is 1. The van der Waals surface area contributed by atoms with Gasteiger partial charge in [0.15, 0.2) is 0 Å². The van der Waals surface area contributed by atoms with Crippen LogP contribution in [0.2, 0.25) is 0 Å². The lowest BCUT2D eigenvalue weighted by molar-refractivity contribution is 1.28. The molecule has 2 aromatic rings. The minimum Gasteiger partial charge on any atom is -0.384 e. The van der Waals surface area contributed by atoms with Crippen molar-refractivity contribution in [3.63, 3.8) is 0 Å². The van der Waals surface area contributed by atoms with Gasteiger partial charge in [-0.2, -0.15) is 0 Å². The second kappa shape index (κ2) is 5.37. The fourth-order valence-corrected chi connectivity index (χ4v) is 2.76. The Morgan fingerprint density at radius 2 is 2.12 bits per heavy atom. The third-order valence-electron chi connectivity index (χ3n) is 2.05. The molecule has 0 unspecified atom stereocenters. The molecule has 1 heterocycles. The Balaban J connectivity index is 2.02. The van der Waals surface area contributed by atoms with Gasteiger partial charge < -0.3 is 5.73 Å². The van der Waals surface area contributed by atoms with Gasteiger partial charge in [-0.15, -0.1) is 11.8 Å². The average molecular weight is 295 g/mol. The number of nitrogens with zero attached hydrogens (tertiary/aromatic N) is 1. The molecule has 0 aliphatic carbocycles. The molecule has 0 spiro atoms. The van der Waals surface area contributed by atoms with E-state index < -0.39 is 0 Å². The van der Waals surface area contributed by atoms with E-state index in [0.717, 1.165) is 10.2 Å². The van der Waals surface area contributed by atoms with E-state index in [4.69, 9.17) is 5.73 Å². The molecule has 2 N–H and O–H groups in total. The quantitative estimate of drug-likeness (QED) is 0.877. The van der Waals surface area contributed by atoms with Crippen LogP contribution < -0.4 is 5.73 Å². The molecule has 0 aliphatic heterocycles. The second-order valence-electron chi connectivity index (χ2n) is 3.34. The fourth-order valence-electron chi connectivity index (χ4n) is 1.31. The van der Waals surface area contributed by atoms with Crippen LogP contribution in [0.3, 0.4) is 0 Å². The summed E-state index contributed by atoms with van der Waals surface area (Å²) < 4.78 is 1.10. The first-order valence-electron chi connectivity index (χ1n) is 4.83. The molecule has 0 aliphatic rings. The molecule has 0 fully saturated rings. The SMILES string of the molecule is Nc1cc(CSc2cccc(Br)c2)ccn1. The maximum absolute atomic E-state index is 5.62. The van der Waals surface area contributed by atoms with Crippen molar-refractivity contribution >= 4 is 33.5 Å². The van der Waals surface area contributed by atoms with Crippen molar-refractivity contribution in [1.29, 1.82) is 0 Å². The molecule has 4 heteroatoms. The van der Waals surface area contributed by atoms with Crippen molar-refractivity contribution in [2.75, 3.05) is 5.73 Å². The van der Waals surface area contributed by atoms with Crippen LogP contribution >= 0.6 is 27.7 Å². The third-order valence-corrected chi connectivity index (χ3v) is 3.61. The summed E-state index contributed by atoms with van der Waals surface area (Å²) in [6.07, 6.45) is 1.74. The zero-order chi connectivity index (χ0) is 11.4. The third kappa shape index (κ3) is 3.25. The molecule has 0 bridgehead atoms. The molecule has 82 valence electrons. The van der Waals surface area contributed by atoms with E-state index in [1.54, 1.807) is 18.0 Å². The Morgan fingerprint density at radius 1 is 1.25 bits per heavy atom. The molecule has 0 saturated carbocycles. The molecular weight excluding hydrogens is 284 g/mol. The number of aromatic nitrogens is 1. The zero-order valence-corrected chi connectivity index (χ0v) is 11.0. The van der Waals surface area contributed by atoms with Crippen LogP contribution in [0.5, 0.6) is 0 Å². The highest BCUT2D eigenvalue weighted by atomic mass is 79.9. The first-order valence-corrected chi connectivity index (χ1v) is 6.61. The molecule has 2 nitrogen and oxygen atoms in total. The summed E-state index contributed by atoms with van der Waals surface area (Å²) in [6, 6.07) is 12.2. The van der Waals surface area contributed by atoms with Crippen LogP contribution in [0, 0.1) is 0 Å². The molecule has 0 amide bonds. The highest BCUT2D eigenvalue weighted by molar-refractivity contribution is 9.10. The van der Waals surface area contributed by atoms with Crippen LogP contribution in [0.1, 0.15) is 5.56 Å². The van der Waals surface area contributed by atoms with Crippen LogP contribution in [0.25, 0.3) is 0 Å². The summed E-state index contributed by atoms with van der Waals surface area (Å²) in [5, 5.41) is 0. The van der Waals surface area contributed by atoms with Gasteiger partial charge in [-0.1, -0.05) is 22.0 Å². The summed E-state index contributed by atoms with van der Waals surface area (Å²) in [5.74, 6) is 1.48. The molecule has 0 radical (unpaired) electrons. The van der Waals surface area contributed by atoms with Crippen LogP contribution in [0.4, 0.5) is 5.82 Å². The number of halogens is 1. The maximum atomic E-state index is 5.62. The lowest BCUT2D eigenvalue weighted by Crippen LogP contribution is -1.90. The predicted octanol–water partition coefficient (Wildman–Crippen LogP) is 3.72. The van der Waals surface area contributed by atoms with Crippen molar-refractivity contribution in [1.82, 2.24) is 4.98 Å². The van der Waals surface area contributed by atoms with E-state index in [9.17, 15) is 0 Å². The molecule has 1 aromatic heterocycles. The highest BCUT2D eigenvalue weighted by Crippen LogP contribution is 2.25. The van der Waals surface area contributed by atoms with Gasteiger partial charge in [0, 0.05) is 21.3 Å². The van der Waals surface area contributed by atoms with Crippen molar-refractivity contribution in [2.45, 2.75) is 10.6 Å². The maximum Gasteiger partial charge on any atom is 0.123 e. The Kier molecular flexibility index (Phi) is 3.85. The number of hydrogen-bond acceptors (Lipinski definition) is 3. The van der Waals surface area contributed by atoms with Gasteiger partial charge in [0.05, 0.1) is 0 Å². The summed E-state index contributed by atoms with van der Waals surface area (Å²) >= 11 is 5.24. The zero-order valence-electron chi connectivity index (χ0n) is 8.56. The number of nitrogens with two attached hydrogens (primary N) is 1. The predicted molar refractivity (Wildman–Crippen MR) is 72.4 cm³/mol. The van der Waals surface area contributed by atoms with E-state index in [1.807, 2.05) is 24.3 Å². The van der Waals surface area contributed by atoms with Gasteiger partial charge in [0.25, 0.3) is 0 Å². The van der Waals surface area contributed by atoms with E-state index in [2.05, 4.69) is 33.0 Å². The van der Waals surface area contributed by atoms with E-state index in [0.29, 0.717) is 5.82 Å². The lowest BCUT2D eigenvalue weighted by Gasteiger charge is -2.03. The van der Waals surface area contributed by atoms with Crippen molar-refractivity contribution in [3.8, 4) is 0 Å². The lowest BCUT2D eigenvalue weighted by atomic mass is 10.3. The van der Waals surface area contributed by atoms with Gasteiger partial charge in [-0.25, -0.2) is 4.98 Å². The number of benzene rings is 1. The first kappa shape index (κ1) is 11.5. The molecule has 1 aromatic carbocycles. The van der Waals surface area contributed by atoms with E-state index >= 15 is 0 Å². The molecule has 2 rings (SSSR count). The van der Waals surface area contributed by atoms with Crippen LogP contribution in [-0.4, -0.2) is 4.98 Å². The van der Waals surface area contributed by atoms with E-state index in [-0.39, 0.29) is 0 Å². The second-order valence-corrected chi connectivity index (χ2v) is 5.30. The summed E-state index contributed by atoms with van der Waals surface area (Å²) in [4.78, 5) is 5.21. The number of rotatable bonds is 3. The minimum absolute atomic E-state index is 0.576. The Hall–Kier alpha value is -1.00. The van der Waals surface area contributed by atoms with Crippen molar-refractivity contribution in [3.05, 3.63) is 52.6 Å². The van der Waals surface area contributed by atoms with Crippen LogP contribution in [0.15, 0.2) is 52.0 Å². The normalized spacial score (nSPS) is 10.3. The Labute approximate surface area is 107 Å².